The summed E-state index contributed by atoms with van der Waals surface area (Å²) in [5.74, 6) is 0. The molecule has 4 N–H and O–H groups in total. The highest BCUT2D eigenvalue weighted by Crippen LogP contribution is 1.66. The summed E-state index contributed by atoms with van der Waals surface area (Å²) >= 11 is 0. The average Bonchev–Trinajstić information content (AvgIpc) is 1.97. The summed E-state index contributed by atoms with van der Waals surface area (Å²) in [5.41, 5.74) is 5.28. The summed E-state index contributed by atoms with van der Waals surface area (Å²) in [6, 6.07) is 0. The Balaban J connectivity index is 2.65. The van der Waals surface area contributed by atoms with Gasteiger partial charge in [0.25, 0.3) is 0 Å². The molecule has 0 aromatic heterocycles. The van der Waals surface area contributed by atoms with E-state index in [0.29, 0.717) is 0 Å². The van der Waals surface area contributed by atoms with Crippen molar-refractivity contribution in [1.29, 1.82) is 0 Å². The van der Waals surface area contributed by atoms with Crippen molar-refractivity contribution >= 4 is 0 Å². The van der Waals surface area contributed by atoms with Crippen molar-refractivity contribution in [3.05, 3.63) is 6.92 Å². The molecule has 0 rings (SSSR count). The van der Waals surface area contributed by atoms with Gasteiger partial charge >= 0.3 is 0 Å². The number of rotatable bonds is 7. The van der Waals surface area contributed by atoms with Gasteiger partial charge in [-0.05, 0) is 13.0 Å². The van der Waals surface area contributed by atoms with Crippen LogP contribution >= 0.6 is 0 Å². The van der Waals surface area contributed by atoms with E-state index in [4.69, 9.17) is 5.73 Å². The van der Waals surface area contributed by atoms with E-state index in [1.807, 2.05) is 0 Å². The molecular weight excluding hydrogens is 126 g/mol. The summed E-state index contributed by atoms with van der Waals surface area (Å²) in [7, 11) is 0. The number of hydrogen-bond donors (Lipinski definition) is 3. The van der Waals surface area contributed by atoms with Crippen LogP contribution in [0.2, 0.25) is 0 Å². The third kappa shape index (κ3) is 7.88. The van der Waals surface area contributed by atoms with Crippen LogP contribution in [0.3, 0.4) is 0 Å². The van der Waals surface area contributed by atoms with Crippen molar-refractivity contribution in [1.82, 2.24) is 10.6 Å². The first-order valence-corrected chi connectivity index (χ1v) is 3.82. The molecule has 0 aromatic carbocycles. The van der Waals surface area contributed by atoms with Gasteiger partial charge in [0.05, 0.1) is 0 Å². The van der Waals surface area contributed by atoms with Crippen molar-refractivity contribution in [3.8, 4) is 0 Å². The van der Waals surface area contributed by atoms with Crippen LogP contribution in [0.5, 0.6) is 0 Å². The minimum absolute atomic E-state index is 0.718. The largest absolute Gasteiger partial charge is 0.329 e. The Morgan fingerprint density at radius 2 is 1.60 bits per heavy atom. The highest BCUT2D eigenvalue weighted by Gasteiger charge is 1.83. The molecule has 61 valence electrons. The van der Waals surface area contributed by atoms with Crippen molar-refractivity contribution in [2.75, 3.05) is 32.7 Å². The van der Waals surface area contributed by atoms with E-state index in [-0.39, 0.29) is 0 Å². The summed E-state index contributed by atoms with van der Waals surface area (Å²) in [5, 5.41) is 6.41. The van der Waals surface area contributed by atoms with Gasteiger partial charge in [-0.25, -0.2) is 0 Å². The fourth-order valence-electron chi connectivity index (χ4n) is 0.654. The molecule has 0 aliphatic heterocycles. The maximum absolute atomic E-state index is 5.28. The Morgan fingerprint density at radius 1 is 1.00 bits per heavy atom. The molecular formula is C7H18N3. The lowest BCUT2D eigenvalue weighted by Gasteiger charge is -2.03. The van der Waals surface area contributed by atoms with E-state index in [1.165, 1.54) is 0 Å². The fourth-order valence-corrected chi connectivity index (χ4v) is 0.654. The molecule has 3 heteroatoms. The van der Waals surface area contributed by atoms with Gasteiger partial charge in [0.2, 0.25) is 0 Å². The van der Waals surface area contributed by atoms with E-state index in [9.17, 15) is 0 Å². The Kier molecular flexibility index (Phi) is 8.77. The molecule has 0 aliphatic carbocycles. The minimum atomic E-state index is 0.718. The van der Waals surface area contributed by atoms with Gasteiger partial charge in [0.1, 0.15) is 0 Å². The maximum Gasteiger partial charge on any atom is 0.00772 e. The first-order chi connectivity index (χ1) is 4.91. The third-order valence-electron chi connectivity index (χ3n) is 1.15. The first-order valence-electron chi connectivity index (χ1n) is 3.82. The number of nitrogens with one attached hydrogen (secondary N) is 2. The van der Waals surface area contributed by atoms with Crippen LogP contribution in [0.1, 0.15) is 6.42 Å². The predicted molar refractivity (Wildman–Crippen MR) is 44.8 cm³/mol. The van der Waals surface area contributed by atoms with Crippen LogP contribution in [0, 0.1) is 6.92 Å². The normalized spacial score (nSPS) is 10.2. The lowest BCUT2D eigenvalue weighted by molar-refractivity contribution is 0.617. The summed E-state index contributed by atoms with van der Waals surface area (Å²) in [6.07, 6.45) is 0.955. The lowest BCUT2D eigenvalue weighted by atomic mass is 10.4. The zero-order valence-electron chi connectivity index (χ0n) is 6.53. The van der Waals surface area contributed by atoms with Gasteiger partial charge in [-0.15, -0.1) is 0 Å². The van der Waals surface area contributed by atoms with Crippen LogP contribution in [0.15, 0.2) is 0 Å². The predicted octanol–water partition coefficient (Wildman–Crippen LogP) is -0.652. The van der Waals surface area contributed by atoms with Crippen LogP contribution in [-0.4, -0.2) is 32.7 Å². The molecule has 0 saturated carbocycles. The Bertz CT molecular complexity index is 48.8. The smallest absolute Gasteiger partial charge is 0.00772 e. The molecule has 0 heterocycles. The van der Waals surface area contributed by atoms with Crippen LogP contribution < -0.4 is 16.4 Å². The molecule has 0 amide bonds. The molecule has 0 spiro atoms. The molecule has 0 fully saturated rings. The van der Waals surface area contributed by atoms with E-state index in [1.54, 1.807) is 0 Å². The molecule has 3 nitrogen and oxygen atoms in total. The summed E-state index contributed by atoms with van der Waals surface area (Å²) in [4.78, 5) is 0. The highest BCUT2D eigenvalue weighted by atomic mass is 14.9. The molecule has 0 aliphatic rings. The third-order valence-corrected chi connectivity index (χ3v) is 1.15. The molecule has 1 radical (unpaired) electrons. The standard InChI is InChI=1S/C7H18N3/c1-2-4-9-6-7-10-5-3-8/h9-10H,1-8H2. The quantitative estimate of drug-likeness (QED) is 0.416. The highest BCUT2D eigenvalue weighted by molar-refractivity contribution is 4.52. The van der Waals surface area contributed by atoms with Crippen molar-refractivity contribution in [2.45, 2.75) is 6.42 Å². The maximum atomic E-state index is 5.28. The van der Waals surface area contributed by atoms with Crippen molar-refractivity contribution in [3.63, 3.8) is 0 Å². The van der Waals surface area contributed by atoms with Crippen LogP contribution in [-0.2, 0) is 0 Å². The van der Waals surface area contributed by atoms with Crippen LogP contribution in [0.25, 0.3) is 0 Å². The van der Waals surface area contributed by atoms with Crippen LogP contribution in [0.4, 0.5) is 0 Å². The first kappa shape index (κ1) is 9.88. The molecule has 10 heavy (non-hydrogen) atoms. The fraction of sp³-hybridized carbons (Fsp3) is 0.857. The lowest BCUT2D eigenvalue weighted by Crippen LogP contribution is -2.30. The Morgan fingerprint density at radius 3 is 2.10 bits per heavy atom. The molecule has 0 aromatic rings. The van der Waals surface area contributed by atoms with E-state index >= 15 is 0 Å². The van der Waals surface area contributed by atoms with Gasteiger partial charge < -0.3 is 16.4 Å². The van der Waals surface area contributed by atoms with Gasteiger partial charge in [-0.2, -0.15) is 0 Å². The Labute approximate surface area is 63.4 Å². The minimum Gasteiger partial charge on any atom is -0.329 e. The van der Waals surface area contributed by atoms with Crippen molar-refractivity contribution < 1.29 is 0 Å². The molecule has 0 bridgehead atoms. The second-order valence-electron chi connectivity index (χ2n) is 2.14. The zero-order chi connectivity index (χ0) is 7.66. The molecule has 0 saturated heterocycles. The average molecular weight is 144 g/mol. The van der Waals surface area contributed by atoms with Gasteiger partial charge in [0.15, 0.2) is 0 Å². The number of hydrogen-bond acceptors (Lipinski definition) is 3. The van der Waals surface area contributed by atoms with E-state index in [0.717, 1.165) is 39.1 Å². The number of nitrogens with two attached hydrogens (primary N) is 1. The summed E-state index contributed by atoms with van der Waals surface area (Å²) in [6.45, 7) is 8.35. The topological polar surface area (TPSA) is 50.1 Å². The second-order valence-corrected chi connectivity index (χ2v) is 2.14. The summed E-state index contributed by atoms with van der Waals surface area (Å²) < 4.78 is 0. The molecule has 0 atom stereocenters. The monoisotopic (exact) mass is 144 g/mol. The zero-order valence-corrected chi connectivity index (χ0v) is 6.53. The van der Waals surface area contributed by atoms with E-state index < -0.39 is 0 Å². The van der Waals surface area contributed by atoms with Gasteiger partial charge in [0, 0.05) is 26.2 Å². The van der Waals surface area contributed by atoms with Crippen molar-refractivity contribution in [2.24, 2.45) is 5.73 Å². The Hall–Kier alpha value is -0.120. The van der Waals surface area contributed by atoms with E-state index in [2.05, 4.69) is 17.6 Å². The SMILES string of the molecule is [CH2]CCNCCNCCN. The van der Waals surface area contributed by atoms with Gasteiger partial charge in [-0.3, -0.25) is 0 Å². The second kappa shape index (κ2) is 8.88. The van der Waals surface area contributed by atoms with Gasteiger partial charge in [-0.1, -0.05) is 6.92 Å². The molecule has 0 unspecified atom stereocenters.